The van der Waals surface area contributed by atoms with Crippen LogP contribution < -0.4 is 0 Å². The first kappa shape index (κ1) is 19.0. The molecule has 0 N–H and O–H groups in total. The molecular formula is C21H28O2. The number of fused-ring (bicyclic) bond motifs is 1. The van der Waals surface area contributed by atoms with Crippen LogP contribution in [0.25, 0.3) is 5.57 Å². The second-order valence-electron chi connectivity index (χ2n) is 6.89. The van der Waals surface area contributed by atoms with E-state index in [9.17, 15) is 4.79 Å². The number of ether oxygens (including phenoxy) is 1. The van der Waals surface area contributed by atoms with E-state index in [2.05, 4.69) is 19.2 Å². The van der Waals surface area contributed by atoms with Gasteiger partial charge in [0.15, 0.2) is 6.10 Å². The Morgan fingerprint density at radius 2 is 1.83 bits per heavy atom. The van der Waals surface area contributed by atoms with Crippen LogP contribution in [0.3, 0.4) is 0 Å². The predicted octanol–water partition coefficient (Wildman–Crippen LogP) is 5.87. The summed E-state index contributed by atoms with van der Waals surface area (Å²) >= 11 is 0. The van der Waals surface area contributed by atoms with Gasteiger partial charge in [0.05, 0.1) is 6.42 Å². The van der Waals surface area contributed by atoms with Crippen molar-refractivity contribution >= 4 is 11.5 Å². The summed E-state index contributed by atoms with van der Waals surface area (Å²) in [5.74, 6) is -0.161. The van der Waals surface area contributed by atoms with Crippen LogP contribution in [0.1, 0.15) is 58.3 Å². The summed E-state index contributed by atoms with van der Waals surface area (Å²) in [5, 5.41) is 0. The van der Waals surface area contributed by atoms with Crippen LogP contribution in [0.15, 0.2) is 55.1 Å². The molecule has 1 aliphatic carbocycles. The molecule has 0 aliphatic heterocycles. The van der Waals surface area contributed by atoms with Crippen LogP contribution in [-0.2, 0) is 9.53 Å². The number of carbonyl (C=O) groups excluding carboxylic acids is 1. The van der Waals surface area contributed by atoms with Crippen LogP contribution in [0.5, 0.6) is 0 Å². The zero-order valence-corrected chi connectivity index (χ0v) is 15.0. The van der Waals surface area contributed by atoms with Gasteiger partial charge in [0, 0.05) is 5.56 Å². The Balaban J connectivity index is 0.000000816. The topological polar surface area (TPSA) is 26.3 Å². The Morgan fingerprint density at radius 1 is 1.26 bits per heavy atom. The van der Waals surface area contributed by atoms with Crippen molar-refractivity contribution < 1.29 is 9.53 Å². The van der Waals surface area contributed by atoms with Gasteiger partial charge in [0.2, 0.25) is 0 Å². The van der Waals surface area contributed by atoms with E-state index in [-0.39, 0.29) is 17.5 Å². The summed E-state index contributed by atoms with van der Waals surface area (Å²) in [6, 6.07) is 8.06. The van der Waals surface area contributed by atoms with Crippen molar-refractivity contribution in [1.29, 1.82) is 0 Å². The quantitative estimate of drug-likeness (QED) is 0.515. The second kappa shape index (κ2) is 7.96. The fourth-order valence-corrected chi connectivity index (χ4v) is 2.58. The number of allylic oxidation sites excluding steroid dienone is 2. The Kier molecular flexibility index (Phi) is 6.56. The molecule has 124 valence electrons. The molecule has 1 aliphatic rings. The molecule has 2 nitrogen and oxygen atoms in total. The van der Waals surface area contributed by atoms with Gasteiger partial charge in [-0.05, 0) is 36.0 Å². The fourth-order valence-electron chi connectivity index (χ4n) is 2.58. The van der Waals surface area contributed by atoms with Gasteiger partial charge in [-0.25, -0.2) is 0 Å². The van der Waals surface area contributed by atoms with Crippen molar-refractivity contribution in [3.63, 3.8) is 0 Å². The first-order valence-electron chi connectivity index (χ1n) is 7.94. The molecule has 0 bridgehead atoms. The van der Waals surface area contributed by atoms with Crippen molar-refractivity contribution in [3.8, 4) is 0 Å². The van der Waals surface area contributed by atoms with Crippen molar-refractivity contribution in [2.24, 2.45) is 5.41 Å². The molecule has 1 atom stereocenters. The van der Waals surface area contributed by atoms with Crippen LogP contribution in [0.2, 0.25) is 0 Å². The van der Waals surface area contributed by atoms with E-state index in [1.54, 1.807) is 12.2 Å². The van der Waals surface area contributed by atoms with Gasteiger partial charge in [0.1, 0.15) is 0 Å². The molecule has 23 heavy (non-hydrogen) atoms. The molecule has 1 unspecified atom stereocenters. The number of benzene rings is 1. The minimum atomic E-state index is -0.307. The Bertz CT molecular complexity index is 615. The van der Waals surface area contributed by atoms with E-state index < -0.39 is 0 Å². The second-order valence-corrected chi connectivity index (χ2v) is 6.89. The average Bonchev–Trinajstić information content (AvgIpc) is 2.71. The number of carbonyl (C=O) groups is 1. The van der Waals surface area contributed by atoms with Gasteiger partial charge in [-0.15, -0.1) is 6.58 Å². The maximum absolute atomic E-state index is 12.1. The van der Waals surface area contributed by atoms with Gasteiger partial charge < -0.3 is 4.74 Å². The molecule has 0 heterocycles. The monoisotopic (exact) mass is 312 g/mol. The molecule has 0 saturated carbocycles. The molecular weight excluding hydrogens is 284 g/mol. The standard InChI is InChI=1S/C18H22O2.C3H6/c1-6-13-12(2)14-9-7-8-10-15(14)17(13)20-16(19)11-18(3,4)5;1-3-2/h6-10,17H,1,11H2,2-5H3;3H,1H2,2H3. The summed E-state index contributed by atoms with van der Waals surface area (Å²) in [7, 11) is 0. The molecule has 0 saturated heterocycles. The first-order valence-corrected chi connectivity index (χ1v) is 7.94. The lowest BCUT2D eigenvalue weighted by atomic mass is 9.92. The lowest BCUT2D eigenvalue weighted by Gasteiger charge is -2.21. The number of esters is 1. The molecule has 2 rings (SSSR count). The Hall–Kier alpha value is -2.09. The van der Waals surface area contributed by atoms with Gasteiger partial charge >= 0.3 is 5.97 Å². The van der Waals surface area contributed by atoms with E-state index in [0.717, 1.165) is 22.3 Å². The zero-order valence-electron chi connectivity index (χ0n) is 15.0. The van der Waals surface area contributed by atoms with Crippen molar-refractivity contribution in [3.05, 3.63) is 66.3 Å². The van der Waals surface area contributed by atoms with Crippen LogP contribution in [0, 0.1) is 5.41 Å². The fraction of sp³-hybridized carbons (Fsp3) is 0.381. The van der Waals surface area contributed by atoms with Crippen LogP contribution >= 0.6 is 0 Å². The summed E-state index contributed by atoms with van der Waals surface area (Å²) in [6.45, 7) is 17.3. The lowest BCUT2D eigenvalue weighted by Crippen LogP contribution is -2.18. The third-order valence-electron chi connectivity index (χ3n) is 3.51. The maximum Gasteiger partial charge on any atom is 0.307 e. The van der Waals surface area contributed by atoms with E-state index in [0.29, 0.717) is 6.42 Å². The minimum Gasteiger partial charge on any atom is -0.452 e. The Labute approximate surface area is 140 Å². The SMILES string of the molecule is C=CC.C=CC1=C(C)c2ccccc2C1OC(=O)CC(C)(C)C. The number of rotatable bonds is 3. The number of hydrogen-bond donors (Lipinski definition) is 0. The van der Waals surface area contributed by atoms with Crippen molar-refractivity contribution in [2.45, 2.75) is 47.1 Å². The molecule has 0 amide bonds. The summed E-state index contributed by atoms with van der Waals surface area (Å²) in [6.07, 6.45) is 3.65. The van der Waals surface area contributed by atoms with E-state index in [4.69, 9.17) is 4.74 Å². The van der Waals surface area contributed by atoms with E-state index in [1.165, 1.54) is 0 Å². The zero-order chi connectivity index (χ0) is 17.6. The molecule has 1 aromatic carbocycles. The highest BCUT2D eigenvalue weighted by Crippen LogP contribution is 2.43. The molecule has 0 radical (unpaired) electrons. The van der Waals surface area contributed by atoms with E-state index >= 15 is 0 Å². The summed E-state index contributed by atoms with van der Waals surface area (Å²) in [5.41, 5.74) is 4.28. The first-order chi connectivity index (χ1) is 10.7. The predicted molar refractivity (Wildman–Crippen MR) is 98.0 cm³/mol. The highest BCUT2D eigenvalue weighted by Gasteiger charge is 2.31. The van der Waals surface area contributed by atoms with Crippen LogP contribution in [0.4, 0.5) is 0 Å². The summed E-state index contributed by atoms with van der Waals surface area (Å²) < 4.78 is 5.72. The van der Waals surface area contributed by atoms with Gasteiger partial charge in [-0.1, -0.05) is 63.8 Å². The third kappa shape index (κ3) is 4.95. The van der Waals surface area contributed by atoms with Crippen molar-refractivity contribution in [2.75, 3.05) is 0 Å². The van der Waals surface area contributed by atoms with Gasteiger partial charge in [0.25, 0.3) is 0 Å². The maximum atomic E-state index is 12.1. The molecule has 0 spiro atoms. The number of hydrogen-bond acceptors (Lipinski definition) is 2. The molecule has 2 heteroatoms. The smallest absolute Gasteiger partial charge is 0.307 e. The minimum absolute atomic E-state index is 0.0672. The summed E-state index contributed by atoms with van der Waals surface area (Å²) in [4.78, 5) is 12.1. The molecule has 0 fully saturated rings. The average molecular weight is 312 g/mol. The highest BCUT2D eigenvalue weighted by atomic mass is 16.5. The van der Waals surface area contributed by atoms with E-state index in [1.807, 2.05) is 52.8 Å². The molecule has 1 aromatic rings. The van der Waals surface area contributed by atoms with Crippen molar-refractivity contribution in [1.82, 2.24) is 0 Å². The van der Waals surface area contributed by atoms with Gasteiger partial charge in [-0.2, -0.15) is 0 Å². The van der Waals surface area contributed by atoms with Crippen LogP contribution in [-0.4, -0.2) is 5.97 Å². The van der Waals surface area contributed by atoms with Gasteiger partial charge in [-0.3, -0.25) is 4.79 Å². The Morgan fingerprint density at radius 3 is 2.35 bits per heavy atom. The largest absolute Gasteiger partial charge is 0.452 e. The molecule has 0 aromatic heterocycles. The highest BCUT2D eigenvalue weighted by molar-refractivity contribution is 5.80. The lowest BCUT2D eigenvalue weighted by molar-refractivity contribution is -0.149. The normalized spacial score (nSPS) is 16.1. The third-order valence-corrected chi connectivity index (χ3v) is 3.51.